The fourth-order valence-corrected chi connectivity index (χ4v) is 2.83. The van der Waals surface area contributed by atoms with Gasteiger partial charge in [0.1, 0.15) is 12.4 Å². The van der Waals surface area contributed by atoms with Crippen molar-refractivity contribution in [1.82, 2.24) is 4.72 Å². The van der Waals surface area contributed by atoms with E-state index in [9.17, 15) is 8.42 Å². The first-order valence-corrected chi connectivity index (χ1v) is 7.87. The average Bonchev–Trinajstić information content (AvgIpc) is 2.90. The number of hydrogen-bond acceptors (Lipinski definition) is 5. The van der Waals surface area contributed by atoms with Crippen molar-refractivity contribution in [3.05, 3.63) is 40.6 Å². The van der Waals surface area contributed by atoms with E-state index in [-0.39, 0.29) is 4.90 Å². The highest BCUT2D eigenvalue weighted by Crippen LogP contribution is 2.26. The van der Waals surface area contributed by atoms with Gasteiger partial charge in [-0.25, -0.2) is 13.1 Å². The molecule has 1 heterocycles. The Labute approximate surface area is 116 Å². The quantitative estimate of drug-likeness (QED) is 0.825. The molecule has 3 N–H and O–H groups in total. The maximum absolute atomic E-state index is 11.7. The van der Waals surface area contributed by atoms with Gasteiger partial charge in [-0.05, 0) is 30.6 Å². The number of sulfonamides is 1. The van der Waals surface area contributed by atoms with Crippen LogP contribution in [0.1, 0.15) is 4.88 Å². The maximum atomic E-state index is 11.7. The van der Waals surface area contributed by atoms with Crippen molar-refractivity contribution in [3.63, 3.8) is 0 Å². The first-order valence-electron chi connectivity index (χ1n) is 5.51. The van der Waals surface area contributed by atoms with Crippen LogP contribution in [-0.4, -0.2) is 15.5 Å². The lowest BCUT2D eigenvalue weighted by Gasteiger charge is -2.10. The molecule has 19 heavy (non-hydrogen) atoms. The second-order valence-electron chi connectivity index (χ2n) is 3.78. The molecule has 2 rings (SSSR count). The SMILES string of the molecule is CNS(=O)(=O)c1ccc(N)c(OCc2cccs2)c1. The molecule has 0 saturated carbocycles. The van der Waals surface area contributed by atoms with Gasteiger partial charge in [-0.3, -0.25) is 0 Å². The third kappa shape index (κ3) is 3.25. The van der Waals surface area contributed by atoms with Crippen molar-refractivity contribution in [2.24, 2.45) is 0 Å². The molecule has 5 nitrogen and oxygen atoms in total. The molecule has 0 spiro atoms. The minimum Gasteiger partial charge on any atom is -0.486 e. The van der Waals surface area contributed by atoms with Crippen LogP contribution in [0.25, 0.3) is 0 Å². The molecule has 0 radical (unpaired) electrons. The number of anilines is 1. The van der Waals surface area contributed by atoms with Gasteiger partial charge in [0.25, 0.3) is 0 Å². The van der Waals surface area contributed by atoms with Gasteiger partial charge in [-0.15, -0.1) is 11.3 Å². The number of rotatable bonds is 5. The number of benzene rings is 1. The van der Waals surface area contributed by atoms with E-state index in [2.05, 4.69) is 4.72 Å². The van der Waals surface area contributed by atoms with Crippen molar-refractivity contribution in [2.45, 2.75) is 11.5 Å². The topological polar surface area (TPSA) is 81.4 Å². The number of nitrogens with two attached hydrogens (primary N) is 1. The predicted octanol–water partition coefficient (Wildman–Crippen LogP) is 1.82. The Bertz CT molecular complexity index is 652. The van der Waals surface area contributed by atoms with Gasteiger partial charge in [0.15, 0.2) is 0 Å². The molecule has 0 aliphatic rings. The lowest BCUT2D eigenvalue weighted by Crippen LogP contribution is -2.18. The number of thiophene rings is 1. The van der Waals surface area contributed by atoms with Gasteiger partial charge < -0.3 is 10.5 Å². The maximum Gasteiger partial charge on any atom is 0.240 e. The Hall–Kier alpha value is -1.57. The summed E-state index contributed by atoms with van der Waals surface area (Å²) in [4.78, 5) is 1.17. The van der Waals surface area contributed by atoms with Crippen LogP contribution in [0, 0.1) is 0 Å². The Morgan fingerprint density at radius 1 is 1.37 bits per heavy atom. The third-order valence-corrected chi connectivity index (χ3v) is 4.78. The summed E-state index contributed by atoms with van der Waals surface area (Å²) in [5.41, 5.74) is 6.19. The molecule has 1 aromatic carbocycles. The minimum absolute atomic E-state index is 0.130. The lowest BCUT2D eigenvalue weighted by molar-refractivity contribution is 0.311. The summed E-state index contributed by atoms with van der Waals surface area (Å²) in [6.07, 6.45) is 0. The van der Waals surface area contributed by atoms with E-state index in [1.165, 1.54) is 25.2 Å². The van der Waals surface area contributed by atoms with E-state index in [0.29, 0.717) is 18.0 Å². The van der Waals surface area contributed by atoms with Gasteiger partial charge in [0, 0.05) is 10.9 Å². The van der Waals surface area contributed by atoms with Crippen LogP contribution in [0.3, 0.4) is 0 Å². The van der Waals surface area contributed by atoms with E-state index in [1.54, 1.807) is 11.3 Å². The molecule has 7 heteroatoms. The van der Waals surface area contributed by atoms with Crippen LogP contribution >= 0.6 is 11.3 Å². The molecule has 1 aromatic heterocycles. The van der Waals surface area contributed by atoms with Gasteiger partial charge in [0.05, 0.1) is 10.6 Å². The van der Waals surface area contributed by atoms with Crippen molar-refractivity contribution in [1.29, 1.82) is 0 Å². The summed E-state index contributed by atoms with van der Waals surface area (Å²) >= 11 is 1.57. The van der Waals surface area contributed by atoms with E-state index in [4.69, 9.17) is 10.5 Å². The van der Waals surface area contributed by atoms with Gasteiger partial charge >= 0.3 is 0 Å². The Balaban J connectivity index is 2.22. The molecule has 0 amide bonds. The summed E-state index contributed by atoms with van der Waals surface area (Å²) in [5, 5.41) is 1.95. The molecule has 0 aliphatic carbocycles. The second-order valence-corrected chi connectivity index (χ2v) is 6.69. The Kier molecular flexibility index (Phi) is 4.08. The minimum atomic E-state index is -3.49. The number of ether oxygens (including phenoxy) is 1. The number of nitrogen functional groups attached to an aromatic ring is 1. The highest BCUT2D eigenvalue weighted by atomic mass is 32.2. The van der Waals surface area contributed by atoms with E-state index in [1.807, 2.05) is 17.5 Å². The van der Waals surface area contributed by atoms with Crippen LogP contribution in [0.15, 0.2) is 40.6 Å². The zero-order chi connectivity index (χ0) is 13.9. The van der Waals surface area contributed by atoms with Crippen molar-refractivity contribution < 1.29 is 13.2 Å². The molecule has 0 unspecified atom stereocenters. The monoisotopic (exact) mass is 298 g/mol. The van der Waals surface area contributed by atoms with Gasteiger partial charge in [0.2, 0.25) is 10.0 Å². The third-order valence-electron chi connectivity index (χ3n) is 2.51. The van der Waals surface area contributed by atoms with Crippen LogP contribution in [0.2, 0.25) is 0 Å². The molecular formula is C12H14N2O3S2. The predicted molar refractivity (Wildman–Crippen MR) is 75.8 cm³/mol. The molecule has 0 fully saturated rings. The summed E-state index contributed by atoms with van der Waals surface area (Å²) in [6, 6.07) is 8.26. The zero-order valence-electron chi connectivity index (χ0n) is 10.3. The molecule has 2 aromatic rings. The summed E-state index contributed by atoms with van der Waals surface area (Å²) in [7, 11) is -2.13. The number of hydrogen-bond donors (Lipinski definition) is 2. The first-order chi connectivity index (χ1) is 9.03. The van der Waals surface area contributed by atoms with Crippen LogP contribution in [0.4, 0.5) is 5.69 Å². The standard InChI is InChI=1S/C12H14N2O3S2/c1-14-19(15,16)10-4-5-11(13)12(7-10)17-8-9-3-2-6-18-9/h2-7,14H,8,13H2,1H3. The Morgan fingerprint density at radius 3 is 2.79 bits per heavy atom. The first kappa shape index (κ1) is 13.9. The van der Waals surface area contributed by atoms with Crippen LogP contribution < -0.4 is 15.2 Å². The van der Waals surface area contributed by atoms with E-state index < -0.39 is 10.0 Å². The highest BCUT2D eigenvalue weighted by molar-refractivity contribution is 7.89. The summed E-state index contributed by atoms with van der Waals surface area (Å²) in [6.45, 7) is 0.366. The van der Waals surface area contributed by atoms with Gasteiger partial charge in [-0.2, -0.15) is 0 Å². The normalized spacial score (nSPS) is 11.4. The Morgan fingerprint density at radius 2 is 2.16 bits per heavy atom. The van der Waals surface area contributed by atoms with Crippen molar-refractivity contribution in [3.8, 4) is 5.75 Å². The lowest BCUT2D eigenvalue weighted by atomic mass is 10.3. The van der Waals surface area contributed by atoms with E-state index >= 15 is 0 Å². The van der Waals surface area contributed by atoms with Gasteiger partial charge in [-0.1, -0.05) is 6.07 Å². The van der Waals surface area contributed by atoms with Crippen molar-refractivity contribution in [2.75, 3.05) is 12.8 Å². The molecule has 0 bridgehead atoms. The van der Waals surface area contributed by atoms with Crippen molar-refractivity contribution >= 4 is 27.0 Å². The molecule has 0 atom stereocenters. The van der Waals surface area contributed by atoms with E-state index in [0.717, 1.165) is 4.88 Å². The molecule has 0 aliphatic heterocycles. The van der Waals surface area contributed by atoms with Crippen LogP contribution in [-0.2, 0) is 16.6 Å². The fourth-order valence-electron chi connectivity index (χ4n) is 1.47. The zero-order valence-corrected chi connectivity index (χ0v) is 11.9. The molecular weight excluding hydrogens is 284 g/mol. The smallest absolute Gasteiger partial charge is 0.240 e. The fraction of sp³-hybridized carbons (Fsp3) is 0.167. The summed E-state index contributed by atoms with van der Waals surface area (Å²) < 4.78 is 31.2. The molecule has 0 saturated heterocycles. The second kappa shape index (κ2) is 5.60. The summed E-state index contributed by atoms with van der Waals surface area (Å²) in [5.74, 6) is 0.365. The average molecular weight is 298 g/mol. The molecule has 102 valence electrons. The van der Waals surface area contributed by atoms with Crippen LogP contribution in [0.5, 0.6) is 5.75 Å². The number of nitrogens with one attached hydrogen (secondary N) is 1. The highest BCUT2D eigenvalue weighted by Gasteiger charge is 2.14. The largest absolute Gasteiger partial charge is 0.486 e.